The second-order valence-electron chi connectivity index (χ2n) is 5.43. The molecule has 0 saturated carbocycles. The van der Waals surface area contributed by atoms with Gasteiger partial charge in [-0.05, 0) is 19.4 Å². The van der Waals surface area contributed by atoms with Crippen molar-refractivity contribution in [3.63, 3.8) is 0 Å². The molecule has 0 radical (unpaired) electrons. The van der Waals surface area contributed by atoms with Crippen LogP contribution in [0.4, 0.5) is 0 Å². The third-order valence-corrected chi connectivity index (χ3v) is 3.04. The molecule has 0 spiro atoms. The van der Waals surface area contributed by atoms with E-state index in [9.17, 15) is 5.11 Å². The molecule has 2 aromatic rings. The Morgan fingerprint density at radius 1 is 1.21 bits per heavy atom. The summed E-state index contributed by atoms with van der Waals surface area (Å²) in [5.74, 6) is 0. The maximum atomic E-state index is 9.19. The van der Waals surface area contributed by atoms with Gasteiger partial charge < -0.3 is 10.4 Å². The molecule has 2 N–H and O–H groups in total. The molecule has 0 aliphatic heterocycles. The molecule has 1 heterocycles. The van der Waals surface area contributed by atoms with Gasteiger partial charge in [0.2, 0.25) is 0 Å². The van der Waals surface area contributed by atoms with Crippen LogP contribution in [0, 0.1) is 0 Å². The van der Waals surface area contributed by atoms with E-state index in [-0.39, 0.29) is 12.1 Å². The number of aliphatic hydroxyl groups is 1. The van der Waals surface area contributed by atoms with E-state index in [4.69, 9.17) is 0 Å². The van der Waals surface area contributed by atoms with E-state index in [0.717, 1.165) is 12.1 Å². The van der Waals surface area contributed by atoms with Crippen LogP contribution < -0.4 is 5.32 Å². The third kappa shape index (κ3) is 4.19. The van der Waals surface area contributed by atoms with E-state index in [2.05, 4.69) is 22.5 Å². The second kappa shape index (κ2) is 5.99. The van der Waals surface area contributed by atoms with Crippen molar-refractivity contribution < 1.29 is 5.11 Å². The minimum atomic E-state index is -0.262. The summed E-state index contributed by atoms with van der Waals surface area (Å²) in [7, 11) is 0. The molecule has 0 atom stereocenters. The summed E-state index contributed by atoms with van der Waals surface area (Å²) in [5.41, 5.74) is 2.10. The van der Waals surface area contributed by atoms with Crippen LogP contribution in [0.15, 0.2) is 42.7 Å². The first kappa shape index (κ1) is 13.8. The molecule has 1 aromatic heterocycles. The van der Waals surface area contributed by atoms with E-state index >= 15 is 0 Å². The zero-order valence-corrected chi connectivity index (χ0v) is 11.5. The Labute approximate surface area is 114 Å². The zero-order valence-electron chi connectivity index (χ0n) is 11.5. The Kier molecular flexibility index (Phi) is 4.35. The highest BCUT2D eigenvalue weighted by atomic mass is 16.3. The van der Waals surface area contributed by atoms with E-state index in [1.807, 2.05) is 49.1 Å². The molecule has 0 saturated heterocycles. The second-order valence-corrected chi connectivity index (χ2v) is 5.43. The van der Waals surface area contributed by atoms with Crippen LogP contribution in [0.3, 0.4) is 0 Å². The molecule has 19 heavy (non-hydrogen) atoms. The highest BCUT2D eigenvalue weighted by Gasteiger charge is 2.15. The number of aromatic nitrogens is 2. The van der Waals surface area contributed by atoms with Crippen LogP contribution in [0.5, 0.6) is 0 Å². The number of nitrogens with zero attached hydrogens (tertiary/aromatic N) is 2. The molecule has 0 aliphatic carbocycles. The average molecular weight is 259 g/mol. The first-order chi connectivity index (χ1) is 9.09. The number of hydrogen-bond acceptors (Lipinski definition) is 3. The molecule has 2 rings (SSSR count). The van der Waals surface area contributed by atoms with Gasteiger partial charge in [0, 0.05) is 23.8 Å². The lowest BCUT2D eigenvalue weighted by atomic mass is 10.1. The van der Waals surface area contributed by atoms with Crippen LogP contribution in [0.25, 0.3) is 0 Å². The molecular weight excluding hydrogens is 238 g/mol. The van der Waals surface area contributed by atoms with E-state index in [1.165, 1.54) is 5.56 Å². The van der Waals surface area contributed by atoms with Gasteiger partial charge in [0.1, 0.15) is 0 Å². The molecule has 1 aromatic carbocycles. The Balaban J connectivity index is 1.92. The molecule has 4 nitrogen and oxygen atoms in total. The fourth-order valence-electron chi connectivity index (χ4n) is 1.75. The van der Waals surface area contributed by atoms with Gasteiger partial charge in [-0.15, -0.1) is 0 Å². The third-order valence-electron chi connectivity index (χ3n) is 3.04. The summed E-state index contributed by atoms with van der Waals surface area (Å²) < 4.78 is 1.93. The average Bonchev–Trinajstić information content (AvgIpc) is 2.86. The summed E-state index contributed by atoms with van der Waals surface area (Å²) in [4.78, 5) is 0. The summed E-state index contributed by atoms with van der Waals surface area (Å²) in [6, 6.07) is 10.3. The molecule has 0 aliphatic rings. The molecular formula is C15H21N3O. The summed E-state index contributed by atoms with van der Waals surface area (Å²) in [6.07, 6.45) is 3.90. The molecule has 0 unspecified atom stereocenters. The Morgan fingerprint density at radius 3 is 2.63 bits per heavy atom. The number of nitrogens with one attached hydrogen (secondary N) is 1. The first-order valence-corrected chi connectivity index (χ1v) is 6.50. The largest absolute Gasteiger partial charge is 0.394 e. The molecule has 0 bridgehead atoms. The van der Waals surface area contributed by atoms with Crippen molar-refractivity contribution in [1.29, 1.82) is 0 Å². The smallest absolute Gasteiger partial charge is 0.0659 e. The fourth-order valence-corrected chi connectivity index (χ4v) is 1.75. The number of hydrogen-bond donors (Lipinski definition) is 2. The van der Waals surface area contributed by atoms with E-state index in [1.54, 1.807) is 0 Å². The lowest BCUT2D eigenvalue weighted by molar-refractivity contribution is 0.187. The van der Waals surface area contributed by atoms with Crippen molar-refractivity contribution >= 4 is 0 Å². The normalized spacial score (nSPS) is 11.7. The summed E-state index contributed by atoms with van der Waals surface area (Å²) in [5, 5.41) is 16.8. The van der Waals surface area contributed by atoms with Gasteiger partial charge in [-0.2, -0.15) is 5.10 Å². The minimum absolute atomic E-state index is 0.116. The van der Waals surface area contributed by atoms with Crippen molar-refractivity contribution in [2.24, 2.45) is 0 Å². The van der Waals surface area contributed by atoms with Crippen molar-refractivity contribution in [1.82, 2.24) is 15.1 Å². The molecule has 102 valence electrons. The quantitative estimate of drug-likeness (QED) is 0.831. The number of aliphatic hydroxyl groups excluding tert-OH is 1. The first-order valence-electron chi connectivity index (χ1n) is 6.50. The van der Waals surface area contributed by atoms with Crippen molar-refractivity contribution in [3.05, 3.63) is 53.9 Å². The highest BCUT2D eigenvalue weighted by Crippen LogP contribution is 2.06. The minimum Gasteiger partial charge on any atom is -0.394 e. The maximum absolute atomic E-state index is 9.19. The monoisotopic (exact) mass is 259 g/mol. The van der Waals surface area contributed by atoms with E-state index < -0.39 is 0 Å². The van der Waals surface area contributed by atoms with E-state index in [0.29, 0.717) is 6.54 Å². The Morgan fingerprint density at radius 2 is 1.95 bits per heavy atom. The van der Waals surface area contributed by atoms with Gasteiger partial charge in [-0.3, -0.25) is 4.68 Å². The number of rotatable bonds is 6. The van der Waals surface area contributed by atoms with Gasteiger partial charge in [0.15, 0.2) is 0 Å². The standard InChI is InChI=1S/C15H21N3O/c1-15(2,12-19)16-8-14-9-17-18(11-14)10-13-6-4-3-5-7-13/h3-7,9,11,16,19H,8,10,12H2,1-2H3. The van der Waals surface area contributed by atoms with Crippen LogP contribution in [0.2, 0.25) is 0 Å². The zero-order chi connectivity index (χ0) is 13.7. The Bertz CT molecular complexity index is 505. The lowest BCUT2D eigenvalue weighted by Gasteiger charge is -2.22. The van der Waals surface area contributed by atoms with Gasteiger partial charge in [0.05, 0.1) is 19.3 Å². The summed E-state index contributed by atoms with van der Waals surface area (Å²) >= 11 is 0. The van der Waals surface area contributed by atoms with Gasteiger partial charge in [-0.1, -0.05) is 30.3 Å². The fraction of sp³-hybridized carbons (Fsp3) is 0.400. The van der Waals surface area contributed by atoms with Crippen molar-refractivity contribution in [2.45, 2.75) is 32.5 Å². The maximum Gasteiger partial charge on any atom is 0.0659 e. The Hall–Kier alpha value is -1.65. The van der Waals surface area contributed by atoms with Crippen LogP contribution in [0.1, 0.15) is 25.0 Å². The van der Waals surface area contributed by atoms with Gasteiger partial charge in [0.25, 0.3) is 0 Å². The van der Waals surface area contributed by atoms with Crippen LogP contribution >= 0.6 is 0 Å². The predicted octanol–water partition coefficient (Wildman–Crippen LogP) is 1.79. The molecule has 0 amide bonds. The SMILES string of the molecule is CC(C)(CO)NCc1cnn(Cc2ccccc2)c1. The van der Waals surface area contributed by atoms with Crippen LogP contribution in [-0.2, 0) is 13.1 Å². The van der Waals surface area contributed by atoms with Gasteiger partial charge >= 0.3 is 0 Å². The van der Waals surface area contributed by atoms with Gasteiger partial charge in [-0.25, -0.2) is 0 Å². The van der Waals surface area contributed by atoms with Crippen LogP contribution in [-0.4, -0.2) is 27.0 Å². The highest BCUT2D eigenvalue weighted by molar-refractivity contribution is 5.15. The summed E-state index contributed by atoms with van der Waals surface area (Å²) in [6.45, 7) is 5.56. The van der Waals surface area contributed by atoms with Crippen molar-refractivity contribution in [3.8, 4) is 0 Å². The molecule has 0 fully saturated rings. The predicted molar refractivity (Wildman–Crippen MR) is 75.8 cm³/mol. The lowest BCUT2D eigenvalue weighted by Crippen LogP contribution is -2.41. The number of benzene rings is 1. The molecule has 4 heteroatoms. The topological polar surface area (TPSA) is 50.1 Å². The van der Waals surface area contributed by atoms with Crippen molar-refractivity contribution in [2.75, 3.05) is 6.61 Å².